The predicted molar refractivity (Wildman–Crippen MR) is 71.1 cm³/mol. The molecule has 1 amide bonds. The van der Waals surface area contributed by atoms with Gasteiger partial charge in [0.1, 0.15) is 0 Å². The Balaban J connectivity index is 1.94. The van der Waals surface area contributed by atoms with Crippen LogP contribution in [0.2, 0.25) is 0 Å². The second-order valence-electron chi connectivity index (χ2n) is 5.44. The third kappa shape index (κ3) is 2.00. The van der Waals surface area contributed by atoms with Crippen LogP contribution in [0.3, 0.4) is 0 Å². The summed E-state index contributed by atoms with van der Waals surface area (Å²) in [6.45, 7) is 0.664. The van der Waals surface area contributed by atoms with Crippen LogP contribution in [0.25, 0.3) is 0 Å². The van der Waals surface area contributed by atoms with Crippen LogP contribution in [0.1, 0.15) is 12.8 Å². The first-order chi connectivity index (χ1) is 8.92. The van der Waals surface area contributed by atoms with E-state index in [0.717, 1.165) is 5.70 Å². The number of carbonyl (C=O) groups is 1. The van der Waals surface area contributed by atoms with Crippen molar-refractivity contribution in [2.45, 2.75) is 12.8 Å². The minimum atomic E-state index is -3.21. The number of primary amides is 1. The molecular weight excluding hydrogens is 264 g/mol. The monoisotopic (exact) mass is 280 g/mol. The van der Waals surface area contributed by atoms with Crippen molar-refractivity contribution in [3.63, 3.8) is 0 Å². The molecule has 19 heavy (non-hydrogen) atoms. The first-order valence-electron chi connectivity index (χ1n) is 6.29. The smallest absolute Gasteiger partial charge is 0.220 e. The molecule has 102 valence electrons. The van der Waals surface area contributed by atoms with Gasteiger partial charge in [-0.2, -0.15) is 0 Å². The second-order valence-corrected chi connectivity index (χ2v) is 7.17. The summed E-state index contributed by atoms with van der Waals surface area (Å²) in [5.41, 5.74) is 6.15. The molecule has 5 nitrogen and oxygen atoms in total. The van der Waals surface area contributed by atoms with Gasteiger partial charge in [0.05, 0.1) is 0 Å². The summed E-state index contributed by atoms with van der Waals surface area (Å²) in [7, 11) is -3.21. The molecule has 1 aliphatic carbocycles. The molecule has 2 atom stereocenters. The Morgan fingerprint density at radius 3 is 2.68 bits per heavy atom. The summed E-state index contributed by atoms with van der Waals surface area (Å²) in [5.74, 6) is -0.332. The van der Waals surface area contributed by atoms with Crippen molar-refractivity contribution in [1.29, 1.82) is 0 Å². The summed E-state index contributed by atoms with van der Waals surface area (Å²) >= 11 is 0. The average molecular weight is 280 g/mol. The summed E-state index contributed by atoms with van der Waals surface area (Å²) < 4.78 is 22.9. The Labute approximate surface area is 112 Å². The molecule has 2 aliphatic heterocycles. The lowest BCUT2D eigenvalue weighted by atomic mass is 9.70. The Hall–Kier alpha value is -1.56. The van der Waals surface area contributed by atoms with Gasteiger partial charge in [0.25, 0.3) is 0 Å². The molecule has 3 aliphatic rings. The number of fused-ring (bicyclic) bond motifs is 2. The number of rotatable bonds is 1. The van der Waals surface area contributed by atoms with Gasteiger partial charge in [-0.25, -0.2) is 8.42 Å². The van der Waals surface area contributed by atoms with E-state index in [1.807, 2.05) is 6.08 Å². The highest BCUT2D eigenvalue weighted by Gasteiger charge is 2.46. The highest BCUT2D eigenvalue weighted by molar-refractivity contribution is 7.97. The van der Waals surface area contributed by atoms with E-state index in [0.29, 0.717) is 19.4 Å². The number of allylic oxidation sites excluding steroid dienone is 2. The van der Waals surface area contributed by atoms with Gasteiger partial charge in [-0.1, -0.05) is 18.2 Å². The Bertz CT molecular complexity index is 596. The molecule has 1 spiro atoms. The number of nitrogens with one attached hydrogen (secondary N) is 1. The standard InChI is InChI=1S/C13H16N2O3S/c14-12(16)9-1-2-11-10(7-9)13(8-15-11)3-5-19(17,18)6-4-13/h2-6,9-10,15H,1,7-8H2,(H2,14,16). The molecule has 6 heteroatoms. The lowest BCUT2D eigenvalue weighted by Gasteiger charge is -2.33. The molecule has 0 aromatic rings. The van der Waals surface area contributed by atoms with E-state index in [2.05, 4.69) is 5.32 Å². The molecule has 2 unspecified atom stereocenters. The molecule has 0 radical (unpaired) electrons. The Morgan fingerprint density at radius 2 is 2.05 bits per heavy atom. The normalized spacial score (nSPS) is 33.6. The highest BCUT2D eigenvalue weighted by Crippen LogP contribution is 2.48. The van der Waals surface area contributed by atoms with Gasteiger partial charge in [0.2, 0.25) is 5.91 Å². The van der Waals surface area contributed by atoms with Crippen LogP contribution < -0.4 is 11.1 Å². The molecular formula is C13H16N2O3S. The maximum atomic E-state index is 11.4. The third-order valence-electron chi connectivity index (χ3n) is 4.30. The number of hydrogen-bond acceptors (Lipinski definition) is 4. The van der Waals surface area contributed by atoms with E-state index in [1.165, 1.54) is 10.8 Å². The minimum Gasteiger partial charge on any atom is -0.387 e. The summed E-state index contributed by atoms with van der Waals surface area (Å²) in [6, 6.07) is 0. The summed E-state index contributed by atoms with van der Waals surface area (Å²) in [5, 5.41) is 5.83. The van der Waals surface area contributed by atoms with Crippen molar-refractivity contribution in [2.24, 2.45) is 23.0 Å². The fourth-order valence-electron chi connectivity index (χ4n) is 3.13. The molecule has 0 saturated carbocycles. The van der Waals surface area contributed by atoms with Crippen LogP contribution in [0, 0.1) is 17.3 Å². The van der Waals surface area contributed by atoms with Gasteiger partial charge in [0.15, 0.2) is 9.84 Å². The van der Waals surface area contributed by atoms with Crippen molar-refractivity contribution in [3.05, 3.63) is 34.7 Å². The van der Waals surface area contributed by atoms with Crippen molar-refractivity contribution in [1.82, 2.24) is 5.32 Å². The van der Waals surface area contributed by atoms with Crippen molar-refractivity contribution in [2.75, 3.05) is 6.54 Å². The Morgan fingerprint density at radius 1 is 1.37 bits per heavy atom. The van der Waals surface area contributed by atoms with Gasteiger partial charge in [-0.3, -0.25) is 4.79 Å². The maximum absolute atomic E-state index is 11.4. The number of hydrogen-bond donors (Lipinski definition) is 2. The SMILES string of the molecule is NC(=O)C1CC=C2NCC3(C=CS(=O)(=O)C=C3)C2C1. The molecule has 0 bridgehead atoms. The van der Waals surface area contributed by atoms with Crippen molar-refractivity contribution < 1.29 is 13.2 Å². The quantitative estimate of drug-likeness (QED) is 0.729. The fourth-order valence-corrected chi connectivity index (χ4v) is 4.11. The van der Waals surface area contributed by atoms with Gasteiger partial charge >= 0.3 is 0 Å². The molecule has 3 rings (SSSR count). The Kier molecular flexibility index (Phi) is 2.60. The molecule has 1 fully saturated rings. The van der Waals surface area contributed by atoms with E-state index >= 15 is 0 Å². The van der Waals surface area contributed by atoms with Crippen LogP contribution in [0.4, 0.5) is 0 Å². The summed E-state index contributed by atoms with van der Waals surface area (Å²) in [4.78, 5) is 11.4. The fraction of sp³-hybridized carbons (Fsp3) is 0.462. The molecule has 3 N–H and O–H groups in total. The van der Waals surface area contributed by atoms with Crippen LogP contribution in [0.15, 0.2) is 34.7 Å². The topological polar surface area (TPSA) is 89.3 Å². The third-order valence-corrected chi connectivity index (χ3v) is 5.33. The predicted octanol–water partition coefficient (Wildman–Crippen LogP) is 0.427. The van der Waals surface area contributed by atoms with E-state index in [9.17, 15) is 13.2 Å². The number of amides is 1. The minimum absolute atomic E-state index is 0.113. The van der Waals surface area contributed by atoms with Gasteiger partial charge in [0, 0.05) is 40.3 Å². The van der Waals surface area contributed by atoms with E-state index in [1.54, 1.807) is 12.2 Å². The van der Waals surface area contributed by atoms with Crippen LogP contribution in [-0.2, 0) is 14.6 Å². The highest BCUT2D eigenvalue weighted by atomic mass is 32.2. The van der Waals surface area contributed by atoms with Gasteiger partial charge in [-0.15, -0.1) is 0 Å². The molecule has 0 aromatic heterocycles. The first-order valence-corrected chi connectivity index (χ1v) is 7.90. The summed E-state index contributed by atoms with van der Waals surface area (Å²) in [6.07, 6.45) is 6.83. The molecule has 2 heterocycles. The lowest BCUT2D eigenvalue weighted by Crippen LogP contribution is -2.34. The van der Waals surface area contributed by atoms with Crippen LogP contribution in [0.5, 0.6) is 0 Å². The molecule has 1 saturated heterocycles. The van der Waals surface area contributed by atoms with Crippen molar-refractivity contribution >= 4 is 15.7 Å². The zero-order valence-electron chi connectivity index (χ0n) is 10.4. The lowest BCUT2D eigenvalue weighted by molar-refractivity contribution is -0.122. The van der Waals surface area contributed by atoms with Gasteiger partial charge < -0.3 is 11.1 Å². The maximum Gasteiger partial charge on any atom is 0.220 e. The van der Waals surface area contributed by atoms with Crippen LogP contribution in [-0.4, -0.2) is 20.9 Å². The second kappa shape index (κ2) is 3.96. The number of nitrogens with two attached hydrogens (primary N) is 1. The van der Waals surface area contributed by atoms with Gasteiger partial charge in [-0.05, 0) is 12.8 Å². The number of sulfone groups is 1. The largest absolute Gasteiger partial charge is 0.387 e. The van der Waals surface area contributed by atoms with E-state index in [4.69, 9.17) is 5.73 Å². The van der Waals surface area contributed by atoms with E-state index in [-0.39, 0.29) is 23.2 Å². The number of carbonyl (C=O) groups excluding carboxylic acids is 1. The average Bonchev–Trinajstić information content (AvgIpc) is 2.72. The van der Waals surface area contributed by atoms with E-state index < -0.39 is 9.84 Å². The zero-order chi connectivity index (χ0) is 13.7. The van der Waals surface area contributed by atoms with Crippen LogP contribution >= 0.6 is 0 Å². The molecule has 0 aromatic carbocycles. The zero-order valence-corrected chi connectivity index (χ0v) is 11.2. The van der Waals surface area contributed by atoms with Crippen molar-refractivity contribution in [3.8, 4) is 0 Å². The first kappa shape index (κ1) is 12.5.